The predicted molar refractivity (Wildman–Crippen MR) is 289 cm³/mol. The van der Waals surface area contributed by atoms with Crippen molar-refractivity contribution in [1.82, 2.24) is 0 Å². The lowest BCUT2D eigenvalue weighted by Gasteiger charge is -2.18. The molecule has 1 atom stereocenters. The number of unbranched alkanes of at least 4 members (excludes halogenated alkanes) is 34. The van der Waals surface area contributed by atoms with Crippen molar-refractivity contribution in [3.63, 3.8) is 0 Å². The summed E-state index contributed by atoms with van der Waals surface area (Å²) in [7, 11) is 0. The lowest BCUT2D eigenvalue weighted by atomic mass is 10.0. The molecule has 0 saturated carbocycles. The average Bonchev–Trinajstić information content (AvgIpc) is 3.33. The monoisotopic (exact) mass is 939 g/mol. The van der Waals surface area contributed by atoms with Gasteiger partial charge in [-0.1, -0.05) is 275 Å². The fourth-order valence-electron chi connectivity index (χ4n) is 8.49. The molecule has 0 heterocycles. The van der Waals surface area contributed by atoms with Crippen LogP contribution in [0.25, 0.3) is 0 Å². The summed E-state index contributed by atoms with van der Waals surface area (Å²) in [6.07, 6.45) is 68.1. The van der Waals surface area contributed by atoms with Crippen molar-refractivity contribution in [2.24, 2.45) is 0 Å². The van der Waals surface area contributed by atoms with Crippen molar-refractivity contribution in [1.29, 1.82) is 0 Å². The Hall–Kier alpha value is -2.63. The topological polar surface area (TPSA) is 78.9 Å². The van der Waals surface area contributed by atoms with E-state index in [2.05, 4.69) is 69.4 Å². The van der Waals surface area contributed by atoms with Crippen LogP contribution in [0.3, 0.4) is 0 Å². The van der Waals surface area contributed by atoms with E-state index in [0.717, 1.165) is 89.9 Å². The normalized spacial score (nSPS) is 12.3. The maximum absolute atomic E-state index is 12.9. The van der Waals surface area contributed by atoms with E-state index in [0.29, 0.717) is 19.3 Å². The Bertz CT molecular complexity index is 1170. The number of hydrogen-bond donors (Lipinski definition) is 0. The molecule has 1 unspecified atom stereocenters. The summed E-state index contributed by atoms with van der Waals surface area (Å²) in [6.45, 7) is 6.55. The zero-order chi connectivity index (χ0) is 48.6. The summed E-state index contributed by atoms with van der Waals surface area (Å²) in [4.78, 5) is 38.1. The Labute approximate surface area is 416 Å². The molecule has 0 bridgehead atoms. The van der Waals surface area contributed by atoms with Crippen molar-refractivity contribution >= 4 is 17.9 Å². The molecular formula is C61H110O6. The molecule has 0 aromatic carbocycles. The fourth-order valence-corrected chi connectivity index (χ4v) is 8.49. The second-order valence-electron chi connectivity index (χ2n) is 19.5. The first-order valence-electron chi connectivity index (χ1n) is 29.1. The van der Waals surface area contributed by atoms with Crippen LogP contribution >= 0.6 is 0 Å². The molecule has 0 aromatic rings. The first-order chi connectivity index (χ1) is 33.0. The number of carbonyl (C=O) groups excluding carboxylic acids is 3. The summed E-state index contributed by atoms with van der Waals surface area (Å²) in [5.74, 6) is -0.871. The van der Waals surface area contributed by atoms with E-state index in [1.807, 2.05) is 0 Å². The smallest absolute Gasteiger partial charge is 0.306 e. The van der Waals surface area contributed by atoms with Gasteiger partial charge in [0.05, 0.1) is 0 Å². The molecule has 67 heavy (non-hydrogen) atoms. The van der Waals surface area contributed by atoms with Crippen molar-refractivity contribution in [2.45, 2.75) is 309 Å². The number of hydrogen-bond acceptors (Lipinski definition) is 6. The predicted octanol–water partition coefficient (Wildman–Crippen LogP) is 19.4. The molecule has 6 nitrogen and oxygen atoms in total. The van der Waals surface area contributed by atoms with E-state index >= 15 is 0 Å². The Morgan fingerprint density at radius 2 is 0.582 bits per heavy atom. The zero-order valence-corrected chi connectivity index (χ0v) is 44.7. The SMILES string of the molecule is CC/C=C\C/C=C\C/C=C\C/C=C\CCCCCCCCC(=O)OCC(COC(=O)CCCCCCCCCCCCCC)OC(=O)CCCCCCCCCCCCCCCCCCCC. The quantitative estimate of drug-likeness (QED) is 0.0262. The lowest BCUT2D eigenvalue weighted by Crippen LogP contribution is -2.30. The van der Waals surface area contributed by atoms with Gasteiger partial charge >= 0.3 is 17.9 Å². The summed E-state index contributed by atoms with van der Waals surface area (Å²) < 4.78 is 16.9. The van der Waals surface area contributed by atoms with E-state index in [4.69, 9.17) is 14.2 Å². The van der Waals surface area contributed by atoms with Gasteiger partial charge in [-0.15, -0.1) is 0 Å². The molecule has 0 fully saturated rings. The van der Waals surface area contributed by atoms with E-state index < -0.39 is 6.10 Å². The molecule has 0 aliphatic heterocycles. The van der Waals surface area contributed by atoms with Gasteiger partial charge in [0.1, 0.15) is 13.2 Å². The second-order valence-corrected chi connectivity index (χ2v) is 19.5. The van der Waals surface area contributed by atoms with Crippen LogP contribution in [0.4, 0.5) is 0 Å². The first-order valence-corrected chi connectivity index (χ1v) is 29.1. The van der Waals surface area contributed by atoms with E-state index in [1.165, 1.54) is 173 Å². The summed E-state index contributed by atoms with van der Waals surface area (Å²) >= 11 is 0. The molecule has 0 radical (unpaired) electrons. The summed E-state index contributed by atoms with van der Waals surface area (Å²) in [6, 6.07) is 0. The minimum atomic E-state index is -0.775. The van der Waals surface area contributed by atoms with Gasteiger partial charge < -0.3 is 14.2 Å². The van der Waals surface area contributed by atoms with Gasteiger partial charge in [0.2, 0.25) is 0 Å². The van der Waals surface area contributed by atoms with Gasteiger partial charge in [0.15, 0.2) is 6.10 Å². The van der Waals surface area contributed by atoms with Crippen LogP contribution in [0.2, 0.25) is 0 Å². The maximum atomic E-state index is 12.9. The molecule has 0 N–H and O–H groups in total. The van der Waals surface area contributed by atoms with Crippen LogP contribution in [0, 0.1) is 0 Å². The Kier molecular flexibility index (Phi) is 53.8. The molecule has 0 aliphatic rings. The number of esters is 3. The van der Waals surface area contributed by atoms with Crippen LogP contribution in [-0.2, 0) is 28.6 Å². The van der Waals surface area contributed by atoms with Crippen LogP contribution < -0.4 is 0 Å². The standard InChI is InChI=1S/C61H110O6/c1-4-7-10-13-16-19-22-25-27-29-31-33-34-36-39-42-45-48-51-54-60(63)66-57-58(56-65-59(62)53-50-47-44-41-38-24-21-18-15-12-9-6-3)67-61(64)55-52-49-46-43-40-37-35-32-30-28-26-23-20-17-14-11-8-5-2/h7,10,16,19,25,27,31,33,58H,4-6,8-9,11-15,17-18,20-24,26,28-30,32,34-57H2,1-3H3/b10-7-,19-16-,27-25-,33-31-. The molecule has 6 heteroatoms. The second kappa shape index (κ2) is 56.0. The minimum Gasteiger partial charge on any atom is -0.462 e. The first kappa shape index (κ1) is 64.4. The zero-order valence-electron chi connectivity index (χ0n) is 44.7. The number of allylic oxidation sites excluding steroid dienone is 8. The van der Waals surface area contributed by atoms with Crippen LogP contribution in [0.15, 0.2) is 48.6 Å². The van der Waals surface area contributed by atoms with Gasteiger partial charge in [0.25, 0.3) is 0 Å². The molecule has 0 spiro atoms. The Balaban J connectivity index is 4.34. The third-order valence-electron chi connectivity index (χ3n) is 12.8. The highest BCUT2D eigenvalue weighted by molar-refractivity contribution is 5.71. The molecule has 0 saturated heterocycles. The Morgan fingerprint density at radius 1 is 0.313 bits per heavy atom. The molecule has 0 aromatic heterocycles. The van der Waals surface area contributed by atoms with Gasteiger partial charge in [0, 0.05) is 19.3 Å². The molecule has 0 aliphatic carbocycles. The van der Waals surface area contributed by atoms with Gasteiger partial charge in [-0.05, 0) is 57.8 Å². The highest BCUT2D eigenvalue weighted by Gasteiger charge is 2.19. The van der Waals surface area contributed by atoms with Crippen molar-refractivity contribution in [3.05, 3.63) is 48.6 Å². The molecular weight excluding hydrogens is 829 g/mol. The third-order valence-corrected chi connectivity index (χ3v) is 12.8. The van der Waals surface area contributed by atoms with Gasteiger partial charge in [-0.2, -0.15) is 0 Å². The maximum Gasteiger partial charge on any atom is 0.306 e. The van der Waals surface area contributed by atoms with Crippen LogP contribution in [0.5, 0.6) is 0 Å². The number of ether oxygens (including phenoxy) is 3. The van der Waals surface area contributed by atoms with Gasteiger partial charge in [-0.25, -0.2) is 0 Å². The minimum absolute atomic E-state index is 0.0733. The van der Waals surface area contributed by atoms with Crippen molar-refractivity contribution in [3.8, 4) is 0 Å². The lowest BCUT2D eigenvalue weighted by molar-refractivity contribution is -0.167. The van der Waals surface area contributed by atoms with E-state index in [1.54, 1.807) is 0 Å². The third kappa shape index (κ3) is 54.2. The summed E-state index contributed by atoms with van der Waals surface area (Å²) in [5.41, 5.74) is 0. The molecule has 0 rings (SSSR count). The number of carbonyl (C=O) groups is 3. The van der Waals surface area contributed by atoms with Gasteiger partial charge in [-0.3, -0.25) is 14.4 Å². The Morgan fingerprint density at radius 3 is 0.910 bits per heavy atom. The van der Waals surface area contributed by atoms with E-state index in [9.17, 15) is 14.4 Å². The fraction of sp³-hybridized carbons (Fsp3) is 0.820. The van der Waals surface area contributed by atoms with Crippen molar-refractivity contribution in [2.75, 3.05) is 13.2 Å². The summed E-state index contributed by atoms with van der Waals surface area (Å²) in [5, 5.41) is 0. The molecule has 390 valence electrons. The molecule has 0 amide bonds. The van der Waals surface area contributed by atoms with E-state index in [-0.39, 0.29) is 31.1 Å². The highest BCUT2D eigenvalue weighted by atomic mass is 16.6. The van der Waals surface area contributed by atoms with Crippen LogP contribution in [-0.4, -0.2) is 37.2 Å². The highest BCUT2D eigenvalue weighted by Crippen LogP contribution is 2.17. The van der Waals surface area contributed by atoms with Crippen molar-refractivity contribution < 1.29 is 28.6 Å². The average molecular weight is 940 g/mol. The number of rotatable bonds is 53. The van der Waals surface area contributed by atoms with Crippen LogP contribution in [0.1, 0.15) is 303 Å². The largest absolute Gasteiger partial charge is 0.462 e.